The van der Waals surface area contributed by atoms with E-state index in [1.165, 1.54) is 26.5 Å². The molecule has 2 unspecified atom stereocenters. The van der Waals surface area contributed by atoms with Crippen molar-refractivity contribution in [1.29, 1.82) is 0 Å². The van der Waals surface area contributed by atoms with E-state index in [1.54, 1.807) is 15.9 Å². The van der Waals surface area contributed by atoms with Crippen LogP contribution in [-0.4, -0.2) is 86.5 Å². The highest BCUT2D eigenvalue weighted by Gasteiger charge is 2.41. The van der Waals surface area contributed by atoms with Crippen LogP contribution < -0.4 is 20.3 Å². The second kappa shape index (κ2) is 9.97. The standard InChI is InChI=1S/C22H28F4N6O3/c1-33-12-21(25)3-5-31(10-21)17-8-15(14-7-16(35-19(23)24)18(27)28-9-14)29-20(30-17)32-6-4-22(26,11-32)13-34-2/h7-9,19H,3-6,10-13H2,1-2H3,(H2,27,28). The van der Waals surface area contributed by atoms with Gasteiger partial charge in [0.2, 0.25) is 5.95 Å². The van der Waals surface area contributed by atoms with E-state index in [4.69, 9.17) is 15.2 Å². The van der Waals surface area contributed by atoms with Gasteiger partial charge in [-0.15, -0.1) is 0 Å². The number of ether oxygens (including phenoxy) is 3. The Balaban J connectivity index is 1.71. The van der Waals surface area contributed by atoms with Gasteiger partial charge in [0.25, 0.3) is 0 Å². The zero-order valence-corrected chi connectivity index (χ0v) is 19.5. The van der Waals surface area contributed by atoms with Crippen molar-refractivity contribution in [3.8, 4) is 17.0 Å². The van der Waals surface area contributed by atoms with Gasteiger partial charge in [-0.05, 0) is 6.07 Å². The smallest absolute Gasteiger partial charge is 0.387 e. The van der Waals surface area contributed by atoms with E-state index in [-0.39, 0.29) is 56.7 Å². The molecule has 2 fully saturated rings. The van der Waals surface area contributed by atoms with E-state index in [1.807, 2.05) is 0 Å². The molecule has 2 saturated heterocycles. The predicted octanol–water partition coefficient (Wildman–Crippen LogP) is 2.85. The Morgan fingerprint density at radius 3 is 2.26 bits per heavy atom. The average molecular weight is 500 g/mol. The van der Waals surface area contributed by atoms with E-state index >= 15 is 8.78 Å². The van der Waals surface area contributed by atoms with Crippen LogP contribution in [0.2, 0.25) is 0 Å². The minimum absolute atomic E-state index is 0.0141. The largest absolute Gasteiger partial charge is 0.431 e. The summed E-state index contributed by atoms with van der Waals surface area (Å²) < 4.78 is 70.3. The first kappa shape index (κ1) is 25.2. The minimum Gasteiger partial charge on any atom is -0.431 e. The topological polar surface area (TPSA) is 98.9 Å². The first-order valence-corrected chi connectivity index (χ1v) is 11.1. The Hall–Kier alpha value is -2.93. The van der Waals surface area contributed by atoms with Crippen molar-refractivity contribution < 1.29 is 31.8 Å². The molecular formula is C22H28F4N6O3. The number of hydrogen-bond acceptors (Lipinski definition) is 9. The van der Waals surface area contributed by atoms with Crippen LogP contribution in [0.1, 0.15) is 12.8 Å². The molecule has 2 N–H and O–H groups in total. The van der Waals surface area contributed by atoms with E-state index in [9.17, 15) is 8.78 Å². The number of hydrogen-bond donors (Lipinski definition) is 1. The molecule has 2 aliphatic heterocycles. The van der Waals surface area contributed by atoms with Crippen LogP contribution in [0.3, 0.4) is 0 Å². The highest BCUT2D eigenvalue weighted by molar-refractivity contribution is 5.68. The van der Waals surface area contributed by atoms with Gasteiger partial charge in [-0.1, -0.05) is 0 Å². The van der Waals surface area contributed by atoms with Crippen LogP contribution in [-0.2, 0) is 9.47 Å². The van der Waals surface area contributed by atoms with E-state index in [0.29, 0.717) is 30.2 Å². The predicted molar refractivity (Wildman–Crippen MR) is 121 cm³/mol. The van der Waals surface area contributed by atoms with Gasteiger partial charge in [-0.25, -0.2) is 18.7 Å². The molecule has 2 atom stereocenters. The molecule has 0 aromatic carbocycles. The number of anilines is 3. The van der Waals surface area contributed by atoms with Crippen LogP contribution in [0.25, 0.3) is 11.3 Å². The molecule has 13 heteroatoms. The number of methoxy groups -OCH3 is 2. The van der Waals surface area contributed by atoms with Gasteiger partial charge in [0, 0.05) is 58.0 Å². The third-order valence-electron chi connectivity index (χ3n) is 6.12. The molecule has 0 amide bonds. The molecular weight excluding hydrogens is 472 g/mol. The number of rotatable bonds is 9. The van der Waals surface area contributed by atoms with E-state index in [2.05, 4.69) is 19.7 Å². The van der Waals surface area contributed by atoms with Gasteiger partial charge in [0.15, 0.2) is 22.9 Å². The summed E-state index contributed by atoms with van der Waals surface area (Å²) in [7, 11) is 2.87. The van der Waals surface area contributed by atoms with Crippen molar-refractivity contribution in [3.05, 3.63) is 18.3 Å². The number of nitrogen functional groups attached to an aromatic ring is 1. The first-order valence-electron chi connectivity index (χ1n) is 11.1. The molecule has 192 valence electrons. The minimum atomic E-state index is -3.09. The number of alkyl halides is 4. The molecule has 4 heterocycles. The molecule has 0 saturated carbocycles. The second-order valence-corrected chi connectivity index (χ2v) is 8.91. The number of pyridine rings is 1. The Kier molecular flexibility index (Phi) is 7.17. The number of aromatic nitrogens is 3. The maximum atomic E-state index is 15.1. The fourth-order valence-electron chi connectivity index (χ4n) is 4.45. The molecule has 2 aromatic heterocycles. The van der Waals surface area contributed by atoms with Crippen LogP contribution in [0, 0.1) is 0 Å². The van der Waals surface area contributed by atoms with Gasteiger partial charge >= 0.3 is 6.61 Å². The van der Waals surface area contributed by atoms with Crippen molar-refractivity contribution in [2.45, 2.75) is 30.8 Å². The molecule has 2 aliphatic rings. The van der Waals surface area contributed by atoms with Crippen molar-refractivity contribution in [1.82, 2.24) is 15.0 Å². The van der Waals surface area contributed by atoms with Crippen molar-refractivity contribution >= 4 is 17.6 Å². The maximum absolute atomic E-state index is 15.1. The number of nitrogens with two attached hydrogens (primary N) is 1. The lowest BCUT2D eigenvalue weighted by atomic mass is 10.1. The van der Waals surface area contributed by atoms with E-state index in [0.717, 1.165) is 0 Å². The molecule has 9 nitrogen and oxygen atoms in total. The van der Waals surface area contributed by atoms with Crippen molar-refractivity contribution in [2.75, 3.05) is 69.1 Å². The second-order valence-electron chi connectivity index (χ2n) is 8.91. The van der Waals surface area contributed by atoms with Crippen LogP contribution in [0.5, 0.6) is 5.75 Å². The van der Waals surface area contributed by atoms with Gasteiger partial charge in [-0.2, -0.15) is 13.8 Å². The first-order chi connectivity index (χ1) is 16.6. The summed E-state index contributed by atoms with van der Waals surface area (Å²) >= 11 is 0. The normalized spacial score (nSPS) is 24.5. The molecule has 0 spiro atoms. The summed E-state index contributed by atoms with van der Waals surface area (Å²) in [5, 5.41) is 0. The summed E-state index contributed by atoms with van der Waals surface area (Å²) in [6, 6.07) is 2.91. The van der Waals surface area contributed by atoms with Gasteiger partial charge in [0.1, 0.15) is 5.82 Å². The van der Waals surface area contributed by atoms with Gasteiger partial charge in [0.05, 0.1) is 32.0 Å². The van der Waals surface area contributed by atoms with E-state index < -0.39 is 17.9 Å². The Morgan fingerprint density at radius 2 is 1.63 bits per heavy atom. The Morgan fingerprint density at radius 1 is 1.00 bits per heavy atom. The summed E-state index contributed by atoms with van der Waals surface area (Å²) in [6.45, 7) is -2.42. The molecule has 0 radical (unpaired) electrons. The highest BCUT2D eigenvalue weighted by Crippen LogP contribution is 2.35. The van der Waals surface area contributed by atoms with Gasteiger partial charge in [-0.3, -0.25) is 0 Å². The molecule has 0 aliphatic carbocycles. The monoisotopic (exact) mass is 500 g/mol. The molecule has 35 heavy (non-hydrogen) atoms. The average Bonchev–Trinajstić information content (AvgIpc) is 3.38. The van der Waals surface area contributed by atoms with Crippen LogP contribution in [0.4, 0.5) is 35.1 Å². The van der Waals surface area contributed by atoms with Crippen LogP contribution >= 0.6 is 0 Å². The Bertz CT molecular complexity index is 1000. The third-order valence-corrected chi connectivity index (χ3v) is 6.12. The highest BCUT2D eigenvalue weighted by atomic mass is 19.3. The fourth-order valence-corrected chi connectivity index (χ4v) is 4.45. The lowest BCUT2D eigenvalue weighted by molar-refractivity contribution is -0.0494. The zero-order chi connectivity index (χ0) is 25.2. The third kappa shape index (κ3) is 5.67. The molecule has 4 rings (SSSR count). The van der Waals surface area contributed by atoms with Crippen molar-refractivity contribution in [2.24, 2.45) is 0 Å². The zero-order valence-electron chi connectivity index (χ0n) is 19.5. The lowest BCUT2D eigenvalue weighted by Crippen LogP contribution is -2.35. The summed E-state index contributed by atoms with van der Waals surface area (Å²) in [4.78, 5) is 16.5. The number of halogens is 4. The molecule has 0 bridgehead atoms. The van der Waals surface area contributed by atoms with Crippen LogP contribution in [0.15, 0.2) is 18.3 Å². The summed E-state index contributed by atoms with van der Waals surface area (Å²) in [6.07, 6.45) is 1.84. The van der Waals surface area contributed by atoms with Crippen molar-refractivity contribution in [3.63, 3.8) is 0 Å². The summed E-state index contributed by atoms with van der Waals surface area (Å²) in [5.41, 5.74) is 3.23. The number of nitrogens with zero attached hydrogens (tertiary/aromatic N) is 5. The quantitative estimate of drug-likeness (QED) is 0.521. The maximum Gasteiger partial charge on any atom is 0.387 e. The Labute approximate surface area is 200 Å². The summed E-state index contributed by atoms with van der Waals surface area (Å²) in [5.74, 6) is 0.139. The lowest BCUT2D eigenvalue weighted by Gasteiger charge is -2.24. The van der Waals surface area contributed by atoms with Gasteiger partial charge < -0.3 is 29.7 Å². The SMILES string of the molecule is COCC1(F)CCN(c2cc(-c3cnc(N)c(OC(F)F)c3)nc(N3CCC(F)(COC)C3)n2)C1. The molecule has 2 aromatic rings. The fraction of sp³-hybridized carbons (Fsp3) is 0.591.